The summed E-state index contributed by atoms with van der Waals surface area (Å²) in [5, 5.41) is 9.33. The molecule has 1 aromatic carbocycles. The van der Waals surface area contributed by atoms with E-state index in [9.17, 15) is 0 Å². The van der Waals surface area contributed by atoms with Crippen molar-refractivity contribution in [3.05, 3.63) is 65.2 Å². The van der Waals surface area contributed by atoms with E-state index in [1.807, 2.05) is 49.5 Å². The zero-order chi connectivity index (χ0) is 14.8. The van der Waals surface area contributed by atoms with Crippen LogP contribution in [-0.2, 0) is 6.54 Å². The molecule has 0 aliphatic heterocycles. The van der Waals surface area contributed by atoms with E-state index >= 15 is 0 Å². The SMILES string of the molecule is CCn1ncc(Cl)c1C(N)c1ccn(-c2ccccc2)n1. The summed E-state index contributed by atoms with van der Waals surface area (Å²) in [5.74, 6) is 0. The summed E-state index contributed by atoms with van der Waals surface area (Å²) in [6, 6.07) is 11.4. The van der Waals surface area contributed by atoms with Gasteiger partial charge in [0, 0.05) is 12.7 Å². The molecule has 0 radical (unpaired) electrons. The van der Waals surface area contributed by atoms with Gasteiger partial charge in [-0.15, -0.1) is 0 Å². The van der Waals surface area contributed by atoms with Crippen LogP contribution < -0.4 is 5.73 Å². The molecular weight excluding hydrogens is 286 g/mol. The number of nitrogens with two attached hydrogens (primary N) is 1. The third kappa shape index (κ3) is 2.57. The van der Waals surface area contributed by atoms with Crippen LogP contribution in [0.2, 0.25) is 5.02 Å². The first kappa shape index (κ1) is 13.9. The molecule has 0 aliphatic carbocycles. The quantitative estimate of drug-likeness (QED) is 0.806. The predicted octanol–water partition coefficient (Wildman–Crippen LogP) is 2.79. The van der Waals surface area contributed by atoms with Crippen molar-refractivity contribution in [2.75, 3.05) is 0 Å². The van der Waals surface area contributed by atoms with E-state index in [0.717, 1.165) is 23.6 Å². The molecule has 0 bridgehead atoms. The number of hydrogen-bond donors (Lipinski definition) is 1. The summed E-state index contributed by atoms with van der Waals surface area (Å²) in [6.45, 7) is 2.72. The van der Waals surface area contributed by atoms with Gasteiger partial charge in [0.15, 0.2) is 0 Å². The van der Waals surface area contributed by atoms with Crippen LogP contribution in [0.15, 0.2) is 48.8 Å². The smallest absolute Gasteiger partial charge is 0.0931 e. The number of aryl methyl sites for hydroxylation is 1. The van der Waals surface area contributed by atoms with E-state index in [1.54, 1.807) is 15.6 Å². The van der Waals surface area contributed by atoms with E-state index < -0.39 is 6.04 Å². The summed E-state index contributed by atoms with van der Waals surface area (Å²) in [5.41, 5.74) is 8.85. The lowest BCUT2D eigenvalue weighted by atomic mass is 10.1. The standard InChI is InChI=1S/C15H16ClN5/c1-2-20-15(12(16)10-18-20)14(17)13-8-9-21(19-13)11-6-4-3-5-7-11/h3-10,14H,2,17H2,1H3. The number of rotatable bonds is 4. The topological polar surface area (TPSA) is 61.7 Å². The molecule has 1 atom stereocenters. The first-order valence-corrected chi connectivity index (χ1v) is 7.16. The maximum atomic E-state index is 6.31. The highest BCUT2D eigenvalue weighted by molar-refractivity contribution is 6.31. The minimum Gasteiger partial charge on any atom is -0.318 e. The second kappa shape index (κ2) is 5.71. The Morgan fingerprint density at radius 3 is 2.71 bits per heavy atom. The fraction of sp³-hybridized carbons (Fsp3) is 0.200. The van der Waals surface area contributed by atoms with E-state index in [1.165, 1.54) is 0 Å². The second-order valence-corrected chi connectivity index (χ2v) is 5.10. The van der Waals surface area contributed by atoms with Crippen molar-refractivity contribution in [1.29, 1.82) is 0 Å². The summed E-state index contributed by atoms with van der Waals surface area (Å²) in [6.07, 6.45) is 3.51. The fourth-order valence-corrected chi connectivity index (χ4v) is 2.56. The minimum absolute atomic E-state index is 0.398. The summed E-state index contributed by atoms with van der Waals surface area (Å²) in [4.78, 5) is 0. The van der Waals surface area contributed by atoms with Crippen molar-refractivity contribution in [2.24, 2.45) is 5.73 Å². The number of halogens is 1. The molecule has 2 N–H and O–H groups in total. The summed E-state index contributed by atoms with van der Waals surface area (Å²) in [7, 11) is 0. The monoisotopic (exact) mass is 301 g/mol. The molecule has 0 spiro atoms. The first-order valence-electron chi connectivity index (χ1n) is 6.78. The van der Waals surface area contributed by atoms with Gasteiger partial charge in [0.25, 0.3) is 0 Å². The van der Waals surface area contributed by atoms with Gasteiger partial charge in [-0.05, 0) is 25.1 Å². The van der Waals surface area contributed by atoms with E-state index in [4.69, 9.17) is 17.3 Å². The van der Waals surface area contributed by atoms with E-state index in [2.05, 4.69) is 10.2 Å². The van der Waals surface area contributed by atoms with Gasteiger partial charge in [-0.25, -0.2) is 4.68 Å². The van der Waals surface area contributed by atoms with Crippen LogP contribution in [0.25, 0.3) is 5.69 Å². The van der Waals surface area contributed by atoms with Gasteiger partial charge in [-0.2, -0.15) is 10.2 Å². The molecule has 21 heavy (non-hydrogen) atoms. The van der Waals surface area contributed by atoms with Crippen LogP contribution in [0.1, 0.15) is 24.4 Å². The maximum absolute atomic E-state index is 6.31. The Bertz CT molecular complexity index is 732. The molecule has 3 rings (SSSR count). The normalized spacial score (nSPS) is 12.5. The van der Waals surface area contributed by atoms with Gasteiger partial charge < -0.3 is 5.73 Å². The van der Waals surface area contributed by atoms with E-state index in [-0.39, 0.29) is 0 Å². The van der Waals surface area contributed by atoms with Gasteiger partial charge in [0.2, 0.25) is 0 Å². The number of nitrogens with zero attached hydrogens (tertiary/aromatic N) is 4. The second-order valence-electron chi connectivity index (χ2n) is 4.69. The van der Waals surface area contributed by atoms with Gasteiger partial charge in [-0.1, -0.05) is 29.8 Å². The number of aromatic nitrogens is 4. The van der Waals surface area contributed by atoms with Crippen molar-refractivity contribution >= 4 is 11.6 Å². The van der Waals surface area contributed by atoms with Gasteiger partial charge in [0.05, 0.1) is 34.3 Å². The van der Waals surface area contributed by atoms with Crippen molar-refractivity contribution < 1.29 is 0 Å². The van der Waals surface area contributed by atoms with Gasteiger partial charge in [-0.3, -0.25) is 4.68 Å². The molecule has 6 heteroatoms. The highest BCUT2D eigenvalue weighted by Gasteiger charge is 2.20. The third-order valence-corrected chi connectivity index (χ3v) is 3.67. The molecule has 2 aromatic heterocycles. The number of benzene rings is 1. The average molecular weight is 302 g/mol. The molecule has 3 aromatic rings. The lowest BCUT2D eigenvalue weighted by molar-refractivity contribution is 0.594. The minimum atomic E-state index is -0.398. The zero-order valence-electron chi connectivity index (χ0n) is 11.6. The van der Waals surface area contributed by atoms with Crippen LogP contribution >= 0.6 is 11.6 Å². The largest absolute Gasteiger partial charge is 0.318 e. The highest BCUT2D eigenvalue weighted by atomic mass is 35.5. The van der Waals surface area contributed by atoms with Crippen LogP contribution in [-0.4, -0.2) is 19.6 Å². The Labute approximate surface area is 127 Å². The average Bonchev–Trinajstić information content (AvgIpc) is 3.14. The Morgan fingerprint density at radius 2 is 2.00 bits per heavy atom. The molecule has 0 aliphatic rings. The van der Waals surface area contributed by atoms with Crippen LogP contribution in [0.5, 0.6) is 0 Å². The number of hydrogen-bond acceptors (Lipinski definition) is 3. The molecule has 108 valence electrons. The Hall–Kier alpha value is -2.11. The molecular formula is C15H16ClN5. The molecule has 1 unspecified atom stereocenters. The molecule has 0 fully saturated rings. The summed E-state index contributed by atoms with van der Waals surface area (Å²) < 4.78 is 3.60. The first-order chi connectivity index (χ1) is 10.2. The molecule has 0 saturated carbocycles. The highest BCUT2D eigenvalue weighted by Crippen LogP contribution is 2.25. The van der Waals surface area contributed by atoms with Crippen molar-refractivity contribution in [3.8, 4) is 5.69 Å². The summed E-state index contributed by atoms with van der Waals surface area (Å²) >= 11 is 6.19. The van der Waals surface area contributed by atoms with Crippen LogP contribution in [0.4, 0.5) is 0 Å². The van der Waals surface area contributed by atoms with Crippen molar-refractivity contribution in [3.63, 3.8) is 0 Å². The van der Waals surface area contributed by atoms with Crippen LogP contribution in [0.3, 0.4) is 0 Å². The maximum Gasteiger partial charge on any atom is 0.0931 e. The molecule has 5 nitrogen and oxygen atoms in total. The van der Waals surface area contributed by atoms with Gasteiger partial charge in [0.1, 0.15) is 0 Å². The fourth-order valence-electron chi connectivity index (χ4n) is 2.30. The molecule has 2 heterocycles. The van der Waals surface area contributed by atoms with Crippen LogP contribution in [0, 0.1) is 0 Å². The Morgan fingerprint density at radius 1 is 1.24 bits per heavy atom. The molecule has 0 saturated heterocycles. The lowest BCUT2D eigenvalue weighted by Crippen LogP contribution is -2.18. The predicted molar refractivity (Wildman–Crippen MR) is 82.5 cm³/mol. The molecule has 0 amide bonds. The Balaban J connectivity index is 1.94. The van der Waals surface area contributed by atoms with E-state index in [0.29, 0.717) is 5.02 Å². The Kier molecular flexibility index (Phi) is 3.77. The lowest BCUT2D eigenvalue weighted by Gasteiger charge is -2.12. The van der Waals surface area contributed by atoms with Gasteiger partial charge >= 0.3 is 0 Å². The van der Waals surface area contributed by atoms with Crippen molar-refractivity contribution in [2.45, 2.75) is 19.5 Å². The number of para-hydroxylation sites is 1. The third-order valence-electron chi connectivity index (χ3n) is 3.38. The zero-order valence-corrected chi connectivity index (χ0v) is 12.4. The van der Waals surface area contributed by atoms with Crippen molar-refractivity contribution in [1.82, 2.24) is 19.6 Å².